The lowest BCUT2D eigenvalue weighted by Crippen LogP contribution is -1.98. The predicted molar refractivity (Wildman–Crippen MR) is 85.4 cm³/mol. The van der Waals surface area contributed by atoms with Crippen molar-refractivity contribution in [3.05, 3.63) is 51.8 Å². The molecule has 3 rings (SSSR count). The Balaban J connectivity index is 1.78. The zero-order valence-electron chi connectivity index (χ0n) is 11.4. The normalized spacial score (nSPS) is 11.7. The number of anilines is 1. The molecular formula is C14H10F2N4S2. The molecule has 4 nitrogen and oxygen atoms in total. The predicted octanol–water partition coefficient (Wildman–Crippen LogP) is 4.38. The lowest BCUT2D eigenvalue weighted by Gasteiger charge is -1.99. The number of halogens is 2. The quantitative estimate of drug-likeness (QED) is 0.568. The number of benzene rings is 1. The molecule has 0 radical (unpaired) electrons. The van der Waals surface area contributed by atoms with Crippen LogP contribution in [-0.2, 0) is 0 Å². The van der Waals surface area contributed by atoms with Crippen LogP contribution in [0.3, 0.4) is 0 Å². The Morgan fingerprint density at radius 1 is 1.27 bits per heavy atom. The number of aromatic nitrogens is 2. The van der Waals surface area contributed by atoms with E-state index in [9.17, 15) is 8.78 Å². The Bertz CT molecular complexity index is 812. The molecule has 0 atom stereocenters. The summed E-state index contributed by atoms with van der Waals surface area (Å²) in [6.07, 6.45) is 1.71. The van der Waals surface area contributed by atoms with Crippen molar-refractivity contribution in [2.45, 2.75) is 6.92 Å². The average Bonchev–Trinajstić information content (AvgIpc) is 3.16. The SMILES string of the molecule is C/C(=N/Nc1nc(-c2ccc(F)cc2F)cs1)c1nccs1. The lowest BCUT2D eigenvalue weighted by molar-refractivity contribution is 0.585. The molecule has 8 heteroatoms. The summed E-state index contributed by atoms with van der Waals surface area (Å²) in [5.74, 6) is -1.25. The second kappa shape index (κ2) is 6.29. The Labute approximate surface area is 133 Å². The van der Waals surface area contributed by atoms with Crippen LogP contribution < -0.4 is 5.43 Å². The molecule has 112 valence electrons. The Kier molecular flexibility index (Phi) is 4.21. The van der Waals surface area contributed by atoms with E-state index in [1.807, 2.05) is 12.3 Å². The van der Waals surface area contributed by atoms with E-state index in [1.165, 1.54) is 34.8 Å². The van der Waals surface area contributed by atoms with Crippen LogP contribution >= 0.6 is 22.7 Å². The van der Waals surface area contributed by atoms with Gasteiger partial charge in [0.15, 0.2) is 0 Å². The van der Waals surface area contributed by atoms with Gasteiger partial charge in [-0.05, 0) is 19.1 Å². The second-order valence-corrected chi connectivity index (χ2v) is 6.06. The van der Waals surface area contributed by atoms with Crippen LogP contribution in [0.15, 0.2) is 40.3 Å². The van der Waals surface area contributed by atoms with Crippen molar-refractivity contribution in [3.63, 3.8) is 0 Å². The highest BCUT2D eigenvalue weighted by Crippen LogP contribution is 2.27. The Hall–Kier alpha value is -2.19. The first kappa shape index (κ1) is 14.7. The maximum absolute atomic E-state index is 13.7. The highest BCUT2D eigenvalue weighted by atomic mass is 32.1. The number of rotatable bonds is 4. The van der Waals surface area contributed by atoms with Gasteiger partial charge >= 0.3 is 0 Å². The highest BCUT2D eigenvalue weighted by molar-refractivity contribution is 7.14. The van der Waals surface area contributed by atoms with Crippen molar-refractivity contribution >= 4 is 33.5 Å². The number of hydrogen-bond donors (Lipinski definition) is 1. The van der Waals surface area contributed by atoms with Crippen LogP contribution in [0.25, 0.3) is 11.3 Å². The first-order valence-corrected chi connectivity index (χ1v) is 8.00. The van der Waals surface area contributed by atoms with Crippen molar-refractivity contribution in [1.82, 2.24) is 9.97 Å². The number of nitrogens with zero attached hydrogens (tertiary/aromatic N) is 3. The molecule has 0 spiro atoms. The van der Waals surface area contributed by atoms with E-state index in [2.05, 4.69) is 20.5 Å². The molecule has 0 saturated carbocycles. The summed E-state index contributed by atoms with van der Waals surface area (Å²) < 4.78 is 26.6. The first-order chi connectivity index (χ1) is 10.6. The van der Waals surface area contributed by atoms with Gasteiger partial charge in [-0.1, -0.05) is 0 Å². The topological polar surface area (TPSA) is 50.2 Å². The maximum atomic E-state index is 13.7. The summed E-state index contributed by atoms with van der Waals surface area (Å²) >= 11 is 2.78. The summed E-state index contributed by atoms with van der Waals surface area (Å²) in [5.41, 5.74) is 4.25. The third-order valence-corrected chi connectivity index (χ3v) is 4.40. The van der Waals surface area contributed by atoms with Crippen molar-refractivity contribution in [2.24, 2.45) is 5.10 Å². The number of nitrogens with one attached hydrogen (secondary N) is 1. The van der Waals surface area contributed by atoms with Crippen LogP contribution in [0, 0.1) is 11.6 Å². The molecule has 0 fully saturated rings. The van der Waals surface area contributed by atoms with Crippen LogP contribution in [-0.4, -0.2) is 15.7 Å². The smallest absolute Gasteiger partial charge is 0.203 e. The van der Waals surface area contributed by atoms with Crippen LogP contribution in [0.1, 0.15) is 11.9 Å². The van der Waals surface area contributed by atoms with E-state index in [0.29, 0.717) is 10.8 Å². The molecule has 0 saturated heterocycles. The fourth-order valence-electron chi connectivity index (χ4n) is 1.73. The molecule has 0 amide bonds. The van der Waals surface area contributed by atoms with E-state index >= 15 is 0 Å². The van der Waals surface area contributed by atoms with Gasteiger partial charge in [0.2, 0.25) is 5.13 Å². The van der Waals surface area contributed by atoms with Gasteiger partial charge in [-0.3, -0.25) is 5.43 Å². The zero-order valence-corrected chi connectivity index (χ0v) is 13.0. The molecular weight excluding hydrogens is 326 g/mol. The molecule has 2 heterocycles. The van der Waals surface area contributed by atoms with Crippen molar-refractivity contribution in [1.29, 1.82) is 0 Å². The van der Waals surface area contributed by atoms with Crippen LogP contribution in [0.4, 0.5) is 13.9 Å². The van der Waals surface area contributed by atoms with E-state index in [-0.39, 0.29) is 5.56 Å². The zero-order chi connectivity index (χ0) is 15.5. The molecule has 0 aliphatic carbocycles. The summed E-state index contributed by atoms with van der Waals surface area (Å²) in [4.78, 5) is 8.39. The fraction of sp³-hybridized carbons (Fsp3) is 0.0714. The van der Waals surface area contributed by atoms with E-state index < -0.39 is 11.6 Å². The van der Waals surface area contributed by atoms with Gasteiger partial charge in [0.1, 0.15) is 16.6 Å². The molecule has 2 aromatic heterocycles. The van der Waals surface area contributed by atoms with E-state index in [0.717, 1.165) is 16.8 Å². The Morgan fingerprint density at radius 2 is 2.14 bits per heavy atom. The molecule has 0 aliphatic rings. The van der Waals surface area contributed by atoms with E-state index in [4.69, 9.17) is 0 Å². The molecule has 1 aromatic carbocycles. The van der Waals surface area contributed by atoms with Crippen LogP contribution in [0.2, 0.25) is 0 Å². The summed E-state index contributed by atoms with van der Waals surface area (Å²) in [7, 11) is 0. The van der Waals surface area contributed by atoms with Crippen LogP contribution in [0.5, 0.6) is 0 Å². The summed E-state index contributed by atoms with van der Waals surface area (Å²) in [5, 5.41) is 9.08. The number of hydrogen-bond acceptors (Lipinski definition) is 6. The van der Waals surface area contributed by atoms with Crippen molar-refractivity contribution in [2.75, 3.05) is 5.43 Å². The summed E-state index contributed by atoms with van der Waals surface area (Å²) in [6, 6.07) is 3.41. The standard InChI is InChI=1S/C14H10F2N4S2/c1-8(13-17-4-5-21-13)19-20-14-18-12(7-22-14)10-3-2-9(15)6-11(10)16/h2-7H,1H3,(H,18,20)/b19-8-. The van der Waals surface area contributed by atoms with Gasteiger partial charge in [-0.15, -0.1) is 22.7 Å². The lowest BCUT2D eigenvalue weighted by atomic mass is 10.1. The minimum atomic E-state index is -0.640. The Morgan fingerprint density at radius 3 is 2.86 bits per heavy atom. The first-order valence-electron chi connectivity index (χ1n) is 6.24. The number of thiazole rings is 2. The van der Waals surface area contributed by atoms with Gasteiger partial charge in [-0.25, -0.2) is 18.7 Å². The van der Waals surface area contributed by atoms with Crippen molar-refractivity contribution in [3.8, 4) is 11.3 Å². The van der Waals surface area contributed by atoms with Gasteiger partial charge < -0.3 is 0 Å². The average molecular weight is 336 g/mol. The molecule has 1 N–H and O–H groups in total. The van der Waals surface area contributed by atoms with Gasteiger partial charge in [0.25, 0.3) is 0 Å². The third-order valence-electron chi connectivity index (χ3n) is 2.77. The highest BCUT2D eigenvalue weighted by Gasteiger charge is 2.10. The molecule has 0 aliphatic heterocycles. The van der Waals surface area contributed by atoms with Gasteiger partial charge in [0.05, 0.1) is 11.4 Å². The van der Waals surface area contributed by atoms with Crippen molar-refractivity contribution < 1.29 is 8.78 Å². The largest absolute Gasteiger partial charge is 0.252 e. The minimum absolute atomic E-state index is 0.256. The van der Waals surface area contributed by atoms with E-state index in [1.54, 1.807) is 11.6 Å². The molecule has 0 bridgehead atoms. The van der Waals surface area contributed by atoms with Gasteiger partial charge in [0, 0.05) is 28.6 Å². The minimum Gasteiger partial charge on any atom is -0.252 e. The monoisotopic (exact) mass is 336 g/mol. The molecule has 22 heavy (non-hydrogen) atoms. The summed E-state index contributed by atoms with van der Waals surface area (Å²) in [6.45, 7) is 1.83. The maximum Gasteiger partial charge on any atom is 0.203 e. The number of hydrazone groups is 1. The second-order valence-electron chi connectivity index (χ2n) is 4.31. The molecule has 0 unspecified atom stereocenters. The fourth-order valence-corrected chi connectivity index (χ4v) is 2.97. The molecule has 3 aromatic rings. The van der Waals surface area contributed by atoms with Gasteiger partial charge in [-0.2, -0.15) is 5.10 Å². The third kappa shape index (κ3) is 3.18.